The van der Waals surface area contributed by atoms with E-state index in [0.717, 1.165) is 46.1 Å². The summed E-state index contributed by atoms with van der Waals surface area (Å²) in [5.74, 6) is 0. The predicted molar refractivity (Wildman–Crippen MR) is 216 cm³/mol. The predicted octanol–water partition coefficient (Wildman–Crippen LogP) is 15.4. The molecule has 0 aromatic rings. The van der Waals surface area contributed by atoms with E-state index in [1.807, 2.05) is 0 Å². The number of hydrogen-bond donors (Lipinski definition) is 0. The van der Waals surface area contributed by atoms with Crippen LogP contribution in [0.2, 0.25) is 33.2 Å². The molecular formula is C44H84O4Si2Ti. The SMILES string of the molecule is CCC(C)[O][Ti]([O]C(C)CC)([O][Si](C1CCCCC1)(C1CCCCC1)C1CCCCC1)[O][Si](C1CCCCC1)(C1CCCCC1)C1CCCCC1. The van der Waals surface area contributed by atoms with Gasteiger partial charge in [-0.3, -0.25) is 0 Å². The first-order valence-electron chi connectivity index (χ1n) is 23.7. The normalized spacial score (nSPS) is 27.1. The average Bonchev–Trinajstić information content (AvgIpc) is 3.21. The second-order valence-corrected chi connectivity index (χ2v) is 32.0. The zero-order valence-corrected chi connectivity index (χ0v) is 37.9. The van der Waals surface area contributed by atoms with Crippen LogP contribution in [0.4, 0.5) is 0 Å². The van der Waals surface area contributed by atoms with Gasteiger partial charge in [0.15, 0.2) is 0 Å². The number of hydrogen-bond acceptors (Lipinski definition) is 4. The third-order valence-corrected chi connectivity index (χ3v) is 36.0. The fourth-order valence-electron chi connectivity index (χ4n) is 13.1. The van der Waals surface area contributed by atoms with Crippen LogP contribution in [-0.2, 0) is 30.8 Å². The molecule has 0 saturated heterocycles. The molecule has 0 spiro atoms. The zero-order valence-electron chi connectivity index (χ0n) is 34.4. The molecule has 6 rings (SSSR count). The summed E-state index contributed by atoms with van der Waals surface area (Å²) < 4.78 is 33.2. The van der Waals surface area contributed by atoms with Gasteiger partial charge in [-0.25, -0.2) is 0 Å². The Morgan fingerprint density at radius 2 is 0.569 bits per heavy atom. The second-order valence-electron chi connectivity index (χ2n) is 19.1. The van der Waals surface area contributed by atoms with Crippen molar-refractivity contribution >= 4 is 16.6 Å². The maximum absolute atomic E-state index is 8.81. The van der Waals surface area contributed by atoms with E-state index in [4.69, 9.17) is 12.7 Å². The van der Waals surface area contributed by atoms with Gasteiger partial charge in [-0.1, -0.05) is 0 Å². The Morgan fingerprint density at radius 3 is 0.745 bits per heavy atom. The van der Waals surface area contributed by atoms with Crippen molar-refractivity contribution in [1.82, 2.24) is 0 Å². The van der Waals surface area contributed by atoms with Crippen LogP contribution in [0.1, 0.15) is 233 Å². The Bertz CT molecular complexity index is 809. The molecule has 51 heavy (non-hydrogen) atoms. The van der Waals surface area contributed by atoms with E-state index < -0.39 is 34.8 Å². The topological polar surface area (TPSA) is 36.9 Å². The second kappa shape index (κ2) is 20.4. The van der Waals surface area contributed by atoms with Crippen LogP contribution >= 0.6 is 0 Å². The molecule has 2 atom stereocenters. The summed E-state index contributed by atoms with van der Waals surface area (Å²) in [6.07, 6.45) is 44.6. The van der Waals surface area contributed by atoms with Crippen molar-refractivity contribution in [2.75, 3.05) is 0 Å². The standard InChI is InChI=1S/2C18H33OSi.2C4H9O.Ti/c2*19-20(16-10-4-1-5-11-16,17-12-6-2-7-13-17)18-14-8-3-9-15-18;2*1-3-4(2)5;/h2*16-18H,1-15H2;2*4H,3H2,1-2H3;/q4*-1;+4. The molecule has 0 N–H and O–H groups in total. The molecule has 0 bridgehead atoms. The van der Waals surface area contributed by atoms with Crippen molar-refractivity contribution < 1.29 is 30.8 Å². The van der Waals surface area contributed by atoms with E-state index >= 15 is 0 Å². The van der Waals surface area contributed by atoms with Crippen LogP contribution in [0.3, 0.4) is 0 Å². The summed E-state index contributed by atoms with van der Waals surface area (Å²) in [6.45, 7) is 9.37. The van der Waals surface area contributed by atoms with Crippen LogP contribution in [0.5, 0.6) is 0 Å². The Hall–Kier alpha value is 0.988. The van der Waals surface area contributed by atoms with Crippen molar-refractivity contribution in [3.63, 3.8) is 0 Å². The summed E-state index contributed by atoms with van der Waals surface area (Å²) in [6, 6.07) is 0. The van der Waals surface area contributed by atoms with E-state index in [0.29, 0.717) is 0 Å². The molecule has 4 nitrogen and oxygen atoms in total. The maximum atomic E-state index is 8.81. The molecule has 296 valence electrons. The molecule has 6 aliphatic carbocycles. The van der Waals surface area contributed by atoms with Crippen LogP contribution in [0.25, 0.3) is 0 Å². The van der Waals surface area contributed by atoms with E-state index in [2.05, 4.69) is 27.7 Å². The molecule has 2 unspecified atom stereocenters. The van der Waals surface area contributed by atoms with Gasteiger partial charge in [0.2, 0.25) is 0 Å². The van der Waals surface area contributed by atoms with E-state index in [1.54, 1.807) is 0 Å². The van der Waals surface area contributed by atoms with Gasteiger partial charge in [0.1, 0.15) is 0 Å². The first-order chi connectivity index (χ1) is 25.0. The molecule has 0 aliphatic heterocycles. The minimum absolute atomic E-state index is 0.126. The summed E-state index contributed by atoms with van der Waals surface area (Å²) in [4.78, 5) is 0. The summed E-state index contributed by atoms with van der Waals surface area (Å²) in [5, 5.41) is 0. The van der Waals surface area contributed by atoms with Crippen LogP contribution in [0, 0.1) is 0 Å². The molecule has 6 fully saturated rings. The monoisotopic (exact) mass is 781 g/mol. The number of rotatable bonds is 16. The molecule has 6 saturated carbocycles. The fraction of sp³-hybridized carbons (Fsp3) is 1.00. The molecule has 0 aromatic carbocycles. The van der Waals surface area contributed by atoms with Crippen molar-refractivity contribution in [2.45, 2.75) is 279 Å². The summed E-state index contributed by atoms with van der Waals surface area (Å²) in [5.41, 5.74) is 4.60. The van der Waals surface area contributed by atoms with Gasteiger partial charge in [0.05, 0.1) is 0 Å². The molecule has 0 aromatic heterocycles. The molecule has 6 aliphatic rings. The van der Waals surface area contributed by atoms with Gasteiger partial charge in [-0.2, -0.15) is 0 Å². The Kier molecular flexibility index (Phi) is 16.7. The Balaban J connectivity index is 1.55. The minimum atomic E-state index is -4.41. The van der Waals surface area contributed by atoms with E-state index in [1.165, 1.54) is 193 Å². The van der Waals surface area contributed by atoms with E-state index in [-0.39, 0.29) is 12.2 Å². The van der Waals surface area contributed by atoms with Gasteiger partial charge < -0.3 is 0 Å². The van der Waals surface area contributed by atoms with Gasteiger partial charge in [0.25, 0.3) is 0 Å². The van der Waals surface area contributed by atoms with Gasteiger partial charge in [0, 0.05) is 0 Å². The summed E-state index contributed by atoms with van der Waals surface area (Å²) >= 11 is -4.41. The average molecular weight is 781 g/mol. The first-order valence-corrected chi connectivity index (χ1v) is 30.5. The molecule has 0 radical (unpaired) electrons. The van der Waals surface area contributed by atoms with Crippen molar-refractivity contribution in [2.24, 2.45) is 0 Å². The fourth-order valence-corrected chi connectivity index (χ4v) is 39.5. The molecule has 0 heterocycles. The van der Waals surface area contributed by atoms with Gasteiger partial charge in [-0.15, -0.1) is 0 Å². The van der Waals surface area contributed by atoms with Crippen LogP contribution in [0.15, 0.2) is 0 Å². The van der Waals surface area contributed by atoms with Crippen molar-refractivity contribution in [3.05, 3.63) is 0 Å². The summed E-state index contributed by atoms with van der Waals surface area (Å²) in [7, 11) is -4.81. The van der Waals surface area contributed by atoms with Crippen LogP contribution < -0.4 is 0 Å². The van der Waals surface area contributed by atoms with Crippen molar-refractivity contribution in [3.8, 4) is 0 Å². The quantitative estimate of drug-likeness (QED) is 0.146. The zero-order chi connectivity index (χ0) is 35.6. The first kappa shape index (κ1) is 41.6. The molecule has 7 heteroatoms. The van der Waals surface area contributed by atoms with Crippen LogP contribution in [-0.4, -0.2) is 28.8 Å². The van der Waals surface area contributed by atoms with E-state index in [9.17, 15) is 0 Å². The third-order valence-electron chi connectivity index (χ3n) is 15.9. The third kappa shape index (κ3) is 9.93. The Morgan fingerprint density at radius 1 is 0.373 bits per heavy atom. The van der Waals surface area contributed by atoms with Crippen molar-refractivity contribution in [1.29, 1.82) is 0 Å². The Labute approximate surface area is 324 Å². The molecular weight excluding hydrogens is 697 g/mol. The van der Waals surface area contributed by atoms with Gasteiger partial charge in [-0.05, 0) is 0 Å². The molecule has 0 amide bonds. The van der Waals surface area contributed by atoms with Gasteiger partial charge >= 0.3 is 326 Å².